The zero-order valence-electron chi connectivity index (χ0n) is 19.3. The van der Waals surface area contributed by atoms with Gasteiger partial charge < -0.3 is 20.3 Å². The Morgan fingerprint density at radius 1 is 1.03 bits per heavy atom. The van der Waals surface area contributed by atoms with Gasteiger partial charge in [0.2, 0.25) is 0 Å². The van der Waals surface area contributed by atoms with Crippen molar-refractivity contribution in [1.82, 2.24) is 10.2 Å². The van der Waals surface area contributed by atoms with Crippen LogP contribution in [-0.4, -0.2) is 49.2 Å². The SMILES string of the molecule is CCOC(=O)N1CCC(NCCc2ccc(NC(=O)c3ccccc3C)c3ccccc23)C1. The number of carbonyl (C=O) groups is 2. The molecular weight excluding hydrogens is 414 g/mol. The summed E-state index contributed by atoms with van der Waals surface area (Å²) in [6.07, 6.45) is 1.57. The molecule has 6 nitrogen and oxygen atoms in total. The average molecular weight is 446 g/mol. The van der Waals surface area contributed by atoms with Gasteiger partial charge in [0, 0.05) is 35.8 Å². The number of nitrogens with one attached hydrogen (secondary N) is 2. The highest BCUT2D eigenvalue weighted by Crippen LogP contribution is 2.28. The third-order valence-corrected chi connectivity index (χ3v) is 6.19. The number of likely N-dealkylation sites (tertiary alicyclic amines) is 1. The zero-order chi connectivity index (χ0) is 23.2. The molecule has 0 aromatic heterocycles. The van der Waals surface area contributed by atoms with Crippen LogP contribution in [0.15, 0.2) is 60.7 Å². The molecule has 0 aliphatic carbocycles. The van der Waals surface area contributed by atoms with Crippen LogP contribution in [0.3, 0.4) is 0 Å². The molecule has 1 fully saturated rings. The molecule has 0 saturated carbocycles. The molecule has 1 heterocycles. The summed E-state index contributed by atoms with van der Waals surface area (Å²) < 4.78 is 5.10. The van der Waals surface area contributed by atoms with Crippen molar-refractivity contribution in [1.29, 1.82) is 0 Å². The van der Waals surface area contributed by atoms with Gasteiger partial charge in [-0.2, -0.15) is 0 Å². The summed E-state index contributed by atoms with van der Waals surface area (Å²) in [7, 11) is 0. The van der Waals surface area contributed by atoms with Crippen LogP contribution in [0, 0.1) is 6.92 Å². The van der Waals surface area contributed by atoms with Crippen molar-refractivity contribution in [2.24, 2.45) is 0 Å². The number of amides is 2. The summed E-state index contributed by atoms with van der Waals surface area (Å²) in [6, 6.07) is 20.2. The molecule has 33 heavy (non-hydrogen) atoms. The fraction of sp³-hybridized carbons (Fsp3) is 0.333. The standard InChI is InChI=1S/C27H31N3O3/c1-3-33-27(32)30-17-15-21(18-30)28-16-14-20-12-13-25(24-11-7-6-10-23(20)24)29-26(31)22-9-5-4-8-19(22)2/h4-13,21,28H,3,14-18H2,1-2H3,(H,29,31). The molecule has 3 aromatic rings. The predicted molar refractivity (Wildman–Crippen MR) is 132 cm³/mol. The van der Waals surface area contributed by atoms with E-state index >= 15 is 0 Å². The fourth-order valence-corrected chi connectivity index (χ4v) is 4.42. The Morgan fingerprint density at radius 2 is 1.79 bits per heavy atom. The van der Waals surface area contributed by atoms with E-state index in [9.17, 15) is 9.59 Å². The molecule has 1 aliphatic heterocycles. The van der Waals surface area contributed by atoms with Crippen LogP contribution in [0.2, 0.25) is 0 Å². The Bertz CT molecular complexity index is 1140. The van der Waals surface area contributed by atoms with E-state index in [1.54, 1.807) is 4.90 Å². The molecule has 1 saturated heterocycles. The lowest BCUT2D eigenvalue weighted by Crippen LogP contribution is -2.36. The molecule has 3 aromatic carbocycles. The van der Waals surface area contributed by atoms with Crippen LogP contribution in [0.25, 0.3) is 10.8 Å². The lowest BCUT2D eigenvalue weighted by atomic mass is 10.00. The maximum atomic E-state index is 12.8. The minimum Gasteiger partial charge on any atom is -0.450 e. The first kappa shape index (κ1) is 22.8. The van der Waals surface area contributed by atoms with Crippen molar-refractivity contribution in [2.45, 2.75) is 32.7 Å². The van der Waals surface area contributed by atoms with Gasteiger partial charge in [-0.15, -0.1) is 0 Å². The Hall–Kier alpha value is -3.38. The average Bonchev–Trinajstić information content (AvgIpc) is 3.30. The van der Waals surface area contributed by atoms with Crippen LogP contribution in [-0.2, 0) is 11.2 Å². The molecule has 1 atom stereocenters. The van der Waals surface area contributed by atoms with E-state index in [2.05, 4.69) is 22.8 Å². The number of hydrogen-bond donors (Lipinski definition) is 2. The van der Waals surface area contributed by atoms with Crippen LogP contribution in [0.1, 0.15) is 34.8 Å². The Labute approximate surface area is 194 Å². The lowest BCUT2D eigenvalue weighted by molar-refractivity contribution is 0.102. The lowest BCUT2D eigenvalue weighted by Gasteiger charge is -2.17. The van der Waals surface area contributed by atoms with E-state index < -0.39 is 0 Å². The van der Waals surface area contributed by atoms with E-state index in [4.69, 9.17) is 4.74 Å². The van der Waals surface area contributed by atoms with Crippen LogP contribution < -0.4 is 10.6 Å². The first-order chi connectivity index (χ1) is 16.1. The minimum atomic E-state index is -0.226. The maximum absolute atomic E-state index is 12.8. The van der Waals surface area contributed by atoms with Gasteiger partial charge in [-0.1, -0.05) is 48.5 Å². The maximum Gasteiger partial charge on any atom is 0.409 e. The number of benzene rings is 3. The molecule has 1 aliphatic rings. The Kier molecular flexibility index (Phi) is 7.25. The number of hydrogen-bond acceptors (Lipinski definition) is 4. The number of nitrogens with zero attached hydrogens (tertiary/aromatic N) is 1. The van der Waals surface area contributed by atoms with Gasteiger partial charge in [0.1, 0.15) is 0 Å². The smallest absolute Gasteiger partial charge is 0.409 e. The van der Waals surface area contributed by atoms with Crippen molar-refractivity contribution >= 4 is 28.5 Å². The summed E-state index contributed by atoms with van der Waals surface area (Å²) in [5.74, 6) is -0.0972. The molecule has 2 N–H and O–H groups in total. The van der Waals surface area contributed by atoms with E-state index in [1.165, 1.54) is 5.56 Å². The van der Waals surface area contributed by atoms with Gasteiger partial charge in [-0.05, 0) is 61.9 Å². The number of aryl methyl sites for hydroxylation is 1. The Morgan fingerprint density at radius 3 is 2.58 bits per heavy atom. The van der Waals surface area contributed by atoms with Crippen LogP contribution in [0.5, 0.6) is 0 Å². The molecule has 4 rings (SSSR count). The zero-order valence-corrected chi connectivity index (χ0v) is 19.3. The van der Waals surface area contributed by atoms with Gasteiger partial charge in [-0.3, -0.25) is 4.79 Å². The van der Waals surface area contributed by atoms with Gasteiger partial charge in [0.15, 0.2) is 0 Å². The molecule has 0 spiro atoms. The van der Waals surface area contributed by atoms with E-state index in [0.717, 1.165) is 48.0 Å². The molecule has 0 bridgehead atoms. The third kappa shape index (κ3) is 5.34. The number of anilines is 1. The van der Waals surface area contributed by atoms with E-state index in [1.807, 2.05) is 62.4 Å². The molecule has 0 radical (unpaired) electrons. The topological polar surface area (TPSA) is 70.7 Å². The van der Waals surface area contributed by atoms with Crippen LogP contribution >= 0.6 is 0 Å². The summed E-state index contributed by atoms with van der Waals surface area (Å²) in [4.78, 5) is 26.5. The second kappa shape index (κ2) is 10.5. The van der Waals surface area contributed by atoms with Crippen molar-refractivity contribution < 1.29 is 14.3 Å². The predicted octanol–water partition coefficient (Wildman–Crippen LogP) is 4.76. The largest absolute Gasteiger partial charge is 0.450 e. The van der Waals surface area contributed by atoms with Crippen molar-refractivity contribution in [3.8, 4) is 0 Å². The number of fused-ring (bicyclic) bond motifs is 1. The van der Waals surface area contributed by atoms with Gasteiger partial charge >= 0.3 is 6.09 Å². The number of rotatable bonds is 7. The molecular formula is C27H31N3O3. The summed E-state index contributed by atoms with van der Waals surface area (Å²) >= 11 is 0. The van der Waals surface area contributed by atoms with E-state index in [-0.39, 0.29) is 18.0 Å². The highest BCUT2D eigenvalue weighted by atomic mass is 16.6. The highest BCUT2D eigenvalue weighted by Gasteiger charge is 2.26. The quantitative estimate of drug-likeness (QED) is 0.550. The monoisotopic (exact) mass is 445 g/mol. The first-order valence-electron chi connectivity index (χ1n) is 11.6. The molecule has 172 valence electrons. The first-order valence-corrected chi connectivity index (χ1v) is 11.6. The highest BCUT2D eigenvalue weighted by molar-refractivity contribution is 6.10. The van der Waals surface area contributed by atoms with E-state index in [0.29, 0.717) is 18.7 Å². The number of ether oxygens (including phenoxy) is 1. The van der Waals surface area contributed by atoms with Crippen molar-refractivity contribution in [2.75, 3.05) is 31.6 Å². The van der Waals surface area contributed by atoms with Gasteiger partial charge in [-0.25, -0.2) is 4.79 Å². The van der Waals surface area contributed by atoms with Gasteiger partial charge in [0.05, 0.1) is 6.61 Å². The fourth-order valence-electron chi connectivity index (χ4n) is 4.42. The molecule has 1 unspecified atom stereocenters. The van der Waals surface area contributed by atoms with Gasteiger partial charge in [0.25, 0.3) is 5.91 Å². The van der Waals surface area contributed by atoms with Crippen molar-refractivity contribution in [3.63, 3.8) is 0 Å². The van der Waals surface area contributed by atoms with Crippen molar-refractivity contribution in [3.05, 3.63) is 77.4 Å². The normalized spacial score (nSPS) is 15.6. The van der Waals surface area contributed by atoms with Crippen LogP contribution in [0.4, 0.5) is 10.5 Å². The molecule has 2 amide bonds. The minimum absolute atomic E-state index is 0.0972. The summed E-state index contributed by atoms with van der Waals surface area (Å²) in [5.41, 5.74) is 3.68. The molecule has 6 heteroatoms. The Balaban J connectivity index is 1.41. The second-order valence-electron chi connectivity index (χ2n) is 8.42. The summed E-state index contributed by atoms with van der Waals surface area (Å²) in [6.45, 7) is 6.41. The number of carbonyl (C=O) groups excluding carboxylic acids is 2. The third-order valence-electron chi connectivity index (χ3n) is 6.19. The second-order valence-corrected chi connectivity index (χ2v) is 8.42. The summed E-state index contributed by atoms with van der Waals surface area (Å²) in [5, 5.41) is 8.84.